The van der Waals surface area contributed by atoms with Crippen LogP contribution in [-0.4, -0.2) is 59.0 Å². The fourth-order valence-corrected chi connectivity index (χ4v) is 4.31. The molecule has 2 aromatic heterocycles. The van der Waals surface area contributed by atoms with E-state index in [1.807, 2.05) is 10.8 Å². The van der Waals surface area contributed by atoms with Crippen LogP contribution >= 0.6 is 0 Å². The molecule has 12 heteroatoms. The molecule has 0 aliphatic rings. The van der Waals surface area contributed by atoms with Crippen LogP contribution in [0.1, 0.15) is 21.6 Å². The van der Waals surface area contributed by atoms with Gasteiger partial charge in [0, 0.05) is 53.1 Å². The molecule has 4 aromatic rings. The Morgan fingerprint density at radius 1 is 0.865 bits per heavy atom. The summed E-state index contributed by atoms with van der Waals surface area (Å²) in [5.41, 5.74) is 7.37. The molecule has 0 fully saturated rings. The number of hydrogen-bond acceptors (Lipinski definition) is 8. The molecule has 4 rings (SSSR count). The smallest absolute Gasteiger partial charge is 0.422 e. The van der Waals surface area contributed by atoms with Gasteiger partial charge < -0.3 is 15.2 Å². The molecule has 0 saturated carbocycles. The maximum absolute atomic E-state index is 13.1. The average molecular weight is 530 g/mol. The number of anilines is 1. The van der Waals surface area contributed by atoms with Gasteiger partial charge in [-0.3, -0.25) is 0 Å². The summed E-state index contributed by atoms with van der Waals surface area (Å²) in [6.45, 7) is -0.223. The second-order valence-corrected chi connectivity index (χ2v) is 9.12. The van der Waals surface area contributed by atoms with Gasteiger partial charge in [-0.25, -0.2) is 23.3 Å². The third-order valence-electron chi connectivity index (χ3n) is 5.04. The molecule has 10 nitrogen and oxygen atoms in total. The number of nitrogens with two attached hydrogens (primary N) is 1. The van der Waals surface area contributed by atoms with Crippen molar-refractivity contribution in [3.8, 4) is 11.1 Å². The number of pyridine rings is 1. The van der Waals surface area contributed by atoms with Gasteiger partial charge >= 0.3 is 22.3 Å². The van der Waals surface area contributed by atoms with Crippen LogP contribution in [0.3, 0.4) is 0 Å². The molecule has 0 unspecified atom stereocenters. The van der Waals surface area contributed by atoms with Crippen LogP contribution in [0.2, 0.25) is 0 Å². The standard InChI is InChI=1S/C25H22N4O6S.Na/c26-22-12-11-20(15-27-22)21-13-14-29(23(21)24(30)34-16-18-7-3-1-4-8-18)36(32,33)28-25(31)35-17-19-9-5-2-6-10-19;/h1-15H,16-17H2,(H2,26,27)(H,28,31);. The van der Waals surface area contributed by atoms with Crippen molar-refractivity contribution in [3.63, 3.8) is 0 Å². The minimum atomic E-state index is -4.57. The molecule has 0 atom stereocenters. The molecule has 37 heavy (non-hydrogen) atoms. The number of aromatic nitrogens is 2. The molecule has 2 heterocycles. The van der Waals surface area contributed by atoms with Gasteiger partial charge in [0.2, 0.25) is 0 Å². The zero-order valence-electron chi connectivity index (χ0n) is 19.9. The van der Waals surface area contributed by atoms with E-state index in [0.29, 0.717) is 20.7 Å². The first-order valence-corrected chi connectivity index (χ1v) is 12.2. The predicted octanol–water partition coefficient (Wildman–Crippen LogP) is 3.13. The zero-order chi connectivity index (χ0) is 25.5. The Morgan fingerprint density at radius 2 is 1.46 bits per heavy atom. The van der Waals surface area contributed by atoms with Crippen LogP contribution in [-0.2, 0) is 32.9 Å². The SMILES string of the molecule is Nc1ccc(-c2ccn(S(=O)(=O)NC(=O)OCc3ccccc3)c2C(=O)OCc2ccccc2)cn1.[Na]. The molecule has 1 radical (unpaired) electrons. The summed E-state index contributed by atoms with van der Waals surface area (Å²) in [4.78, 5) is 29.4. The van der Waals surface area contributed by atoms with Crippen LogP contribution in [0.4, 0.5) is 10.6 Å². The van der Waals surface area contributed by atoms with Gasteiger partial charge in [-0.05, 0) is 29.3 Å². The average Bonchev–Trinajstić information content (AvgIpc) is 3.34. The van der Waals surface area contributed by atoms with Crippen LogP contribution in [0.5, 0.6) is 0 Å². The summed E-state index contributed by atoms with van der Waals surface area (Å²) >= 11 is 0. The molecule has 2 aromatic carbocycles. The number of nitrogens with zero attached hydrogens (tertiary/aromatic N) is 2. The summed E-state index contributed by atoms with van der Waals surface area (Å²) in [5, 5.41) is 0. The van der Waals surface area contributed by atoms with Crippen molar-refractivity contribution >= 4 is 57.6 Å². The topological polar surface area (TPSA) is 143 Å². The van der Waals surface area contributed by atoms with E-state index >= 15 is 0 Å². The number of amides is 1. The van der Waals surface area contributed by atoms with E-state index in [1.54, 1.807) is 60.7 Å². The van der Waals surface area contributed by atoms with Gasteiger partial charge in [0.15, 0.2) is 5.69 Å². The van der Waals surface area contributed by atoms with Crippen molar-refractivity contribution < 1.29 is 27.5 Å². The first kappa shape index (κ1) is 27.9. The molecular weight excluding hydrogens is 507 g/mol. The number of esters is 1. The first-order valence-electron chi connectivity index (χ1n) is 10.7. The molecule has 0 aliphatic heterocycles. The number of nitrogen functional groups attached to an aromatic ring is 1. The number of benzene rings is 2. The number of ether oxygens (including phenoxy) is 2. The van der Waals surface area contributed by atoms with Crippen LogP contribution in [0.15, 0.2) is 91.3 Å². The van der Waals surface area contributed by atoms with Gasteiger partial charge in [-0.15, -0.1) is 0 Å². The molecule has 1 amide bonds. The molecular formula is C25H22N4NaO6S. The van der Waals surface area contributed by atoms with E-state index in [9.17, 15) is 18.0 Å². The third kappa shape index (κ3) is 7.20. The minimum absolute atomic E-state index is 0. The van der Waals surface area contributed by atoms with E-state index in [0.717, 1.165) is 6.20 Å². The van der Waals surface area contributed by atoms with Gasteiger partial charge in [-0.2, -0.15) is 8.42 Å². The predicted molar refractivity (Wildman–Crippen MR) is 137 cm³/mol. The van der Waals surface area contributed by atoms with Gasteiger partial charge in [0.05, 0.1) is 0 Å². The van der Waals surface area contributed by atoms with E-state index in [1.165, 1.54) is 18.3 Å². The maximum Gasteiger partial charge on any atom is 0.422 e. The zero-order valence-corrected chi connectivity index (χ0v) is 22.7. The Kier molecular flexibility index (Phi) is 9.48. The van der Waals surface area contributed by atoms with Crippen molar-refractivity contribution in [2.45, 2.75) is 13.2 Å². The molecule has 185 valence electrons. The third-order valence-corrected chi connectivity index (χ3v) is 6.29. The Morgan fingerprint density at radius 3 is 2.03 bits per heavy atom. The van der Waals surface area contributed by atoms with Crippen molar-refractivity contribution in [2.24, 2.45) is 0 Å². The van der Waals surface area contributed by atoms with Crippen LogP contribution in [0.25, 0.3) is 11.1 Å². The molecule has 0 aliphatic carbocycles. The van der Waals surface area contributed by atoms with Crippen molar-refractivity contribution in [3.05, 3.63) is 108 Å². The number of carbonyl (C=O) groups is 2. The van der Waals surface area contributed by atoms with Crippen molar-refractivity contribution in [1.29, 1.82) is 0 Å². The second kappa shape index (κ2) is 12.5. The number of nitrogens with one attached hydrogen (secondary N) is 1. The fourth-order valence-electron chi connectivity index (χ4n) is 3.31. The quantitative estimate of drug-likeness (QED) is 0.262. The molecule has 3 N–H and O–H groups in total. The number of hydrogen-bond donors (Lipinski definition) is 2. The molecule has 0 spiro atoms. The molecule has 0 saturated heterocycles. The summed E-state index contributed by atoms with van der Waals surface area (Å²) < 4.78 is 39.0. The van der Waals surface area contributed by atoms with E-state index < -0.39 is 22.3 Å². The van der Waals surface area contributed by atoms with Gasteiger partial charge in [0.1, 0.15) is 19.0 Å². The normalized spacial score (nSPS) is 10.7. The van der Waals surface area contributed by atoms with Crippen LogP contribution in [0, 0.1) is 0 Å². The van der Waals surface area contributed by atoms with Gasteiger partial charge in [0.25, 0.3) is 0 Å². The van der Waals surface area contributed by atoms with Crippen molar-refractivity contribution in [2.75, 3.05) is 5.73 Å². The Labute approximate surface area is 235 Å². The summed E-state index contributed by atoms with van der Waals surface area (Å²) in [7, 11) is -4.57. The van der Waals surface area contributed by atoms with Crippen LogP contribution < -0.4 is 10.5 Å². The number of carbonyl (C=O) groups excluding carboxylic acids is 2. The minimum Gasteiger partial charge on any atom is -0.456 e. The largest absolute Gasteiger partial charge is 0.456 e. The fraction of sp³-hybridized carbons (Fsp3) is 0.0800. The Bertz CT molecular complexity index is 1460. The Balaban J connectivity index is 0.00000380. The summed E-state index contributed by atoms with van der Waals surface area (Å²) in [6.07, 6.45) is 1.33. The van der Waals surface area contributed by atoms with Crippen molar-refractivity contribution in [1.82, 2.24) is 13.7 Å². The molecule has 0 bridgehead atoms. The summed E-state index contributed by atoms with van der Waals surface area (Å²) in [6, 6.07) is 22.2. The van der Waals surface area contributed by atoms with E-state index in [4.69, 9.17) is 15.2 Å². The second-order valence-electron chi connectivity index (χ2n) is 7.58. The Hall–Kier alpha value is -3.64. The number of rotatable bonds is 8. The summed E-state index contributed by atoms with van der Waals surface area (Å²) in [5.74, 6) is -0.666. The van der Waals surface area contributed by atoms with E-state index in [-0.39, 0.29) is 59.8 Å². The van der Waals surface area contributed by atoms with E-state index in [2.05, 4.69) is 4.98 Å². The van der Waals surface area contributed by atoms with Gasteiger partial charge in [-0.1, -0.05) is 60.7 Å². The maximum atomic E-state index is 13.1. The monoisotopic (exact) mass is 529 g/mol. The first-order chi connectivity index (χ1) is 17.3.